The molecule has 1 saturated carbocycles. The van der Waals surface area contributed by atoms with Gasteiger partial charge < -0.3 is 25.4 Å². The van der Waals surface area contributed by atoms with Gasteiger partial charge >= 0.3 is 0 Å². The van der Waals surface area contributed by atoms with Crippen molar-refractivity contribution in [3.05, 3.63) is 23.8 Å². The quantitative estimate of drug-likeness (QED) is 0.191. The third-order valence-corrected chi connectivity index (χ3v) is 5.87. The number of guanidine groups is 1. The van der Waals surface area contributed by atoms with Crippen LogP contribution in [0.2, 0.25) is 0 Å². The van der Waals surface area contributed by atoms with Gasteiger partial charge in [-0.2, -0.15) is 0 Å². The number of benzene rings is 1. The largest absolute Gasteiger partial charge is 0.493 e. The predicted octanol–water partition coefficient (Wildman–Crippen LogP) is 3.46. The van der Waals surface area contributed by atoms with Crippen molar-refractivity contribution in [1.82, 2.24) is 16.0 Å². The van der Waals surface area contributed by atoms with Crippen molar-refractivity contribution < 1.29 is 14.3 Å². The maximum Gasteiger partial charge on any atom is 0.222 e. The second kappa shape index (κ2) is 13.6. The van der Waals surface area contributed by atoms with Crippen molar-refractivity contribution >= 4 is 35.8 Å². The predicted molar refractivity (Wildman–Crippen MR) is 137 cm³/mol. The molecule has 2 rings (SSSR count). The van der Waals surface area contributed by atoms with Crippen LogP contribution in [-0.2, 0) is 10.2 Å². The number of hydrogen-bond acceptors (Lipinski definition) is 4. The maximum absolute atomic E-state index is 11.7. The van der Waals surface area contributed by atoms with Crippen LogP contribution >= 0.6 is 24.0 Å². The van der Waals surface area contributed by atoms with Crippen molar-refractivity contribution in [3.63, 3.8) is 0 Å². The smallest absolute Gasteiger partial charge is 0.222 e. The van der Waals surface area contributed by atoms with Crippen LogP contribution in [0.25, 0.3) is 0 Å². The standard InChI is InChI=1S/C23H38N4O3.HI/c1-17(2)21(28)25-13-14-26-22(24-3)27-16-23(11-7-6-8-12-23)18-9-10-19(29-4)20(15-18)30-5;/h9-10,15,17H,6-8,11-14,16H2,1-5H3,(H,25,28)(H2,24,26,27);1H. The van der Waals surface area contributed by atoms with Crippen molar-refractivity contribution in [2.75, 3.05) is 40.9 Å². The molecule has 176 valence electrons. The second-order valence-corrected chi connectivity index (χ2v) is 8.21. The Kier molecular flexibility index (Phi) is 12.0. The zero-order valence-corrected chi connectivity index (χ0v) is 21.9. The Morgan fingerprint density at radius 1 is 1.03 bits per heavy atom. The number of carbonyl (C=O) groups excluding carboxylic acids is 1. The first-order valence-electron chi connectivity index (χ1n) is 10.9. The minimum Gasteiger partial charge on any atom is -0.493 e. The zero-order chi connectivity index (χ0) is 22.0. The van der Waals surface area contributed by atoms with Crippen LogP contribution in [0.5, 0.6) is 11.5 Å². The van der Waals surface area contributed by atoms with E-state index in [2.05, 4.69) is 33.1 Å². The number of ether oxygens (including phenoxy) is 2. The topological polar surface area (TPSA) is 84.0 Å². The molecule has 0 unspecified atom stereocenters. The summed E-state index contributed by atoms with van der Waals surface area (Å²) in [5.74, 6) is 2.33. The van der Waals surface area contributed by atoms with Gasteiger partial charge in [-0.05, 0) is 30.5 Å². The molecule has 1 aliphatic carbocycles. The average Bonchev–Trinajstić information content (AvgIpc) is 2.78. The molecule has 31 heavy (non-hydrogen) atoms. The molecule has 0 spiro atoms. The summed E-state index contributed by atoms with van der Waals surface area (Å²) in [5.41, 5.74) is 1.30. The fourth-order valence-electron chi connectivity index (χ4n) is 4.01. The molecule has 3 N–H and O–H groups in total. The van der Waals surface area contributed by atoms with Crippen molar-refractivity contribution in [2.45, 2.75) is 51.4 Å². The van der Waals surface area contributed by atoms with Gasteiger partial charge in [-0.25, -0.2) is 0 Å². The van der Waals surface area contributed by atoms with Gasteiger partial charge in [0.25, 0.3) is 0 Å². The Labute approximate surface area is 204 Å². The number of hydrogen-bond donors (Lipinski definition) is 3. The fraction of sp³-hybridized carbons (Fsp3) is 0.652. The number of amides is 1. The van der Waals surface area contributed by atoms with Crippen LogP contribution < -0.4 is 25.4 Å². The van der Waals surface area contributed by atoms with Crippen LogP contribution in [0, 0.1) is 5.92 Å². The van der Waals surface area contributed by atoms with E-state index in [1.807, 2.05) is 19.9 Å². The molecular formula is C23H39IN4O3. The van der Waals surface area contributed by atoms with E-state index in [0.717, 1.165) is 36.8 Å². The number of rotatable bonds is 9. The molecule has 7 nitrogen and oxygen atoms in total. The Balaban J connectivity index is 0.00000480. The summed E-state index contributed by atoms with van der Waals surface area (Å²) >= 11 is 0. The lowest BCUT2D eigenvalue weighted by Crippen LogP contribution is -2.48. The third-order valence-electron chi connectivity index (χ3n) is 5.87. The average molecular weight is 546 g/mol. The van der Waals surface area contributed by atoms with Crippen molar-refractivity contribution in [2.24, 2.45) is 10.9 Å². The number of nitrogens with one attached hydrogen (secondary N) is 3. The lowest BCUT2D eigenvalue weighted by Gasteiger charge is -2.38. The highest BCUT2D eigenvalue weighted by atomic mass is 127. The Hall–Kier alpha value is -1.71. The lowest BCUT2D eigenvalue weighted by atomic mass is 9.69. The second-order valence-electron chi connectivity index (χ2n) is 8.21. The summed E-state index contributed by atoms with van der Waals surface area (Å²) in [4.78, 5) is 16.0. The number of carbonyl (C=O) groups is 1. The molecule has 0 aromatic heterocycles. The van der Waals surface area contributed by atoms with Gasteiger partial charge in [-0.1, -0.05) is 39.2 Å². The monoisotopic (exact) mass is 546 g/mol. The van der Waals surface area contributed by atoms with Crippen LogP contribution in [0.1, 0.15) is 51.5 Å². The van der Waals surface area contributed by atoms with Gasteiger partial charge in [0.2, 0.25) is 5.91 Å². The van der Waals surface area contributed by atoms with Crippen LogP contribution in [0.3, 0.4) is 0 Å². The highest BCUT2D eigenvalue weighted by Crippen LogP contribution is 2.42. The summed E-state index contributed by atoms with van der Waals surface area (Å²) in [6.45, 7) is 5.77. The van der Waals surface area contributed by atoms with Crippen molar-refractivity contribution in [1.29, 1.82) is 0 Å². The van der Waals surface area contributed by atoms with Gasteiger partial charge in [-0.3, -0.25) is 9.79 Å². The zero-order valence-electron chi connectivity index (χ0n) is 19.5. The highest BCUT2D eigenvalue weighted by molar-refractivity contribution is 14.0. The minimum atomic E-state index is -0.00455. The van der Waals surface area contributed by atoms with E-state index in [9.17, 15) is 4.79 Å². The van der Waals surface area contributed by atoms with Crippen molar-refractivity contribution in [3.8, 4) is 11.5 Å². The Morgan fingerprint density at radius 3 is 2.26 bits per heavy atom. The molecule has 0 heterocycles. The highest BCUT2D eigenvalue weighted by Gasteiger charge is 2.34. The van der Waals surface area contributed by atoms with Gasteiger partial charge in [0.15, 0.2) is 17.5 Å². The van der Waals surface area contributed by atoms with Gasteiger partial charge in [-0.15, -0.1) is 24.0 Å². The van der Waals surface area contributed by atoms with E-state index < -0.39 is 0 Å². The number of methoxy groups -OCH3 is 2. The minimum absolute atomic E-state index is 0. The van der Waals surface area contributed by atoms with Gasteiger partial charge in [0.1, 0.15) is 0 Å². The summed E-state index contributed by atoms with van der Waals surface area (Å²) in [7, 11) is 5.11. The van der Waals surface area contributed by atoms with Crippen LogP contribution in [-0.4, -0.2) is 52.8 Å². The Morgan fingerprint density at radius 2 is 1.68 bits per heavy atom. The molecule has 0 bridgehead atoms. The van der Waals surface area contributed by atoms with E-state index in [4.69, 9.17) is 9.47 Å². The van der Waals surface area contributed by atoms with Crippen LogP contribution in [0.4, 0.5) is 0 Å². The molecule has 1 fully saturated rings. The third kappa shape index (κ3) is 7.73. The van der Waals surface area contributed by atoms with E-state index in [1.165, 1.54) is 24.8 Å². The summed E-state index contributed by atoms with van der Waals surface area (Å²) < 4.78 is 11.0. The van der Waals surface area contributed by atoms with E-state index in [0.29, 0.717) is 13.1 Å². The molecule has 1 aliphatic rings. The first-order valence-corrected chi connectivity index (χ1v) is 10.9. The first-order chi connectivity index (χ1) is 14.5. The van der Waals surface area contributed by atoms with Crippen LogP contribution in [0.15, 0.2) is 23.2 Å². The maximum atomic E-state index is 11.7. The fourth-order valence-corrected chi connectivity index (χ4v) is 4.01. The molecule has 8 heteroatoms. The molecule has 1 aromatic carbocycles. The molecule has 1 amide bonds. The van der Waals surface area contributed by atoms with E-state index in [1.54, 1.807) is 21.3 Å². The van der Waals surface area contributed by atoms with Gasteiger partial charge in [0, 0.05) is 38.0 Å². The van der Waals surface area contributed by atoms with E-state index in [-0.39, 0.29) is 41.2 Å². The number of aliphatic imine (C=N–C) groups is 1. The normalized spacial score (nSPS) is 15.6. The van der Waals surface area contributed by atoms with E-state index >= 15 is 0 Å². The summed E-state index contributed by atoms with van der Waals surface area (Å²) in [6.07, 6.45) is 5.94. The molecule has 0 radical (unpaired) electrons. The Bertz CT molecular complexity index is 719. The summed E-state index contributed by atoms with van der Waals surface area (Å²) in [5, 5.41) is 9.72. The summed E-state index contributed by atoms with van der Waals surface area (Å²) in [6, 6.07) is 6.27. The number of nitrogens with zero attached hydrogens (tertiary/aromatic N) is 1. The molecule has 0 aliphatic heterocycles. The molecular weight excluding hydrogens is 507 g/mol. The lowest BCUT2D eigenvalue weighted by molar-refractivity contribution is -0.123. The molecule has 0 atom stereocenters. The molecule has 0 saturated heterocycles. The van der Waals surface area contributed by atoms with Gasteiger partial charge in [0.05, 0.1) is 14.2 Å². The number of halogens is 1. The molecule has 1 aromatic rings. The first kappa shape index (κ1) is 27.3. The SMILES string of the molecule is CN=C(NCCNC(=O)C(C)C)NCC1(c2ccc(OC)c(OC)c2)CCCCC1.I.